The maximum atomic E-state index is 10.5. The van der Waals surface area contributed by atoms with Gasteiger partial charge in [0.1, 0.15) is 0 Å². The van der Waals surface area contributed by atoms with Gasteiger partial charge in [-0.2, -0.15) is 11.8 Å². The summed E-state index contributed by atoms with van der Waals surface area (Å²) in [6.07, 6.45) is 2.10. The van der Waals surface area contributed by atoms with Gasteiger partial charge in [-0.3, -0.25) is 10.1 Å². The second-order valence-corrected chi connectivity index (χ2v) is 5.54. The first-order valence-corrected chi connectivity index (χ1v) is 7.32. The van der Waals surface area contributed by atoms with Crippen LogP contribution in [-0.4, -0.2) is 23.5 Å². The summed E-state index contributed by atoms with van der Waals surface area (Å²) < 4.78 is 0. The number of hydrogen-bond donors (Lipinski definition) is 1. The lowest BCUT2D eigenvalue weighted by atomic mass is 10.2. The number of thioether (sulfide) groups is 1. The van der Waals surface area contributed by atoms with E-state index in [0.717, 1.165) is 17.9 Å². The summed E-state index contributed by atoms with van der Waals surface area (Å²) in [5, 5.41) is 15.8. The van der Waals surface area contributed by atoms with Crippen LogP contribution in [-0.2, 0) is 6.54 Å². The Balaban J connectivity index is 2.29. The lowest BCUT2D eigenvalue weighted by Crippen LogP contribution is -2.21. The Bertz CT molecular complexity index is 341. The first kappa shape index (κ1) is 13.5. The minimum Gasteiger partial charge on any atom is -0.312 e. The number of hydrogen-bond acceptors (Lipinski definition) is 5. The molecule has 1 aromatic heterocycles. The highest BCUT2D eigenvalue weighted by molar-refractivity contribution is 7.98. The third-order valence-corrected chi connectivity index (χ3v) is 3.92. The van der Waals surface area contributed by atoms with Crippen LogP contribution >= 0.6 is 23.1 Å². The second kappa shape index (κ2) is 6.88. The standard InChI is InChI=1S/C10H16N2O2S2/c1-8(6-15-2)4-11-5-9-3-10(12(13)14)16-7-9/h3,7-8,11H,4-6H2,1-2H3. The van der Waals surface area contributed by atoms with Gasteiger partial charge in [-0.25, -0.2) is 0 Å². The molecule has 0 aliphatic rings. The zero-order chi connectivity index (χ0) is 12.0. The lowest BCUT2D eigenvalue weighted by molar-refractivity contribution is -0.380. The van der Waals surface area contributed by atoms with Gasteiger partial charge in [-0.1, -0.05) is 18.3 Å². The Morgan fingerprint density at radius 2 is 2.44 bits per heavy atom. The van der Waals surface area contributed by atoms with Crippen LogP contribution in [0.2, 0.25) is 0 Å². The van der Waals surface area contributed by atoms with Crippen molar-refractivity contribution in [3.05, 3.63) is 27.1 Å². The van der Waals surface area contributed by atoms with E-state index >= 15 is 0 Å². The molecular weight excluding hydrogens is 244 g/mol. The van der Waals surface area contributed by atoms with Gasteiger partial charge in [0.15, 0.2) is 0 Å². The number of nitrogens with zero attached hydrogens (tertiary/aromatic N) is 1. The van der Waals surface area contributed by atoms with E-state index in [1.54, 1.807) is 6.07 Å². The fourth-order valence-electron chi connectivity index (χ4n) is 1.36. The molecule has 1 aromatic rings. The van der Waals surface area contributed by atoms with Crippen molar-refractivity contribution in [1.82, 2.24) is 5.32 Å². The largest absolute Gasteiger partial charge is 0.324 e. The summed E-state index contributed by atoms with van der Waals surface area (Å²) in [7, 11) is 0. The van der Waals surface area contributed by atoms with Crippen molar-refractivity contribution < 1.29 is 4.92 Å². The van der Waals surface area contributed by atoms with E-state index < -0.39 is 0 Å². The van der Waals surface area contributed by atoms with Gasteiger partial charge in [0, 0.05) is 18.0 Å². The molecule has 0 saturated carbocycles. The molecule has 1 N–H and O–H groups in total. The van der Waals surface area contributed by atoms with Crippen molar-refractivity contribution >= 4 is 28.1 Å². The van der Waals surface area contributed by atoms with Crippen LogP contribution in [0.1, 0.15) is 12.5 Å². The smallest absolute Gasteiger partial charge is 0.312 e. The predicted octanol–water partition coefficient (Wildman–Crippen LogP) is 2.75. The summed E-state index contributed by atoms with van der Waals surface area (Å²) in [4.78, 5) is 10.1. The van der Waals surface area contributed by atoms with Gasteiger partial charge >= 0.3 is 5.00 Å². The highest BCUT2D eigenvalue weighted by Crippen LogP contribution is 2.22. The summed E-state index contributed by atoms with van der Waals surface area (Å²) in [5.41, 5.74) is 0.994. The monoisotopic (exact) mass is 260 g/mol. The number of nitro groups is 1. The first-order chi connectivity index (χ1) is 7.63. The van der Waals surface area contributed by atoms with Crippen LogP contribution < -0.4 is 5.32 Å². The fourth-order valence-corrected chi connectivity index (χ4v) is 2.77. The van der Waals surface area contributed by atoms with Crippen LogP contribution in [0.15, 0.2) is 11.4 Å². The van der Waals surface area contributed by atoms with E-state index in [-0.39, 0.29) is 9.92 Å². The zero-order valence-corrected chi connectivity index (χ0v) is 11.1. The molecule has 4 nitrogen and oxygen atoms in total. The third kappa shape index (κ3) is 4.51. The average Bonchev–Trinajstić information content (AvgIpc) is 2.67. The van der Waals surface area contributed by atoms with Gasteiger partial charge < -0.3 is 5.32 Å². The molecular formula is C10H16N2O2S2. The van der Waals surface area contributed by atoms with E-state index in [0.29, 0.717) is 12.5 Å². The highest BCUT2D eigenvalue weighted by atomic mass is 32.2. The van der Waals surface area contributed by atoms with E-state index in [4.69, 9.17) is 0 Å². The van der Waals surface area contributed by atoms with Crippen molar-refractivity contribution in [3.63, 3.8) is 0 Å². The normalized spacial score (nSPS) is 12.6. The van der Waals surface area contributed by atoms with Crippen molar-refractivity contribution in [3.8, 4) is 0 Å². The molecule has 0 aliphatic heterocycles. The molecule has 0 amide bonds. The SMILES string of the molecule is CSCC(C)CNCc1csc([N+](=O)[O-])c1. The molecule has 90 valence electrons. The molecule has 1 unspecified atom stereocenters. The van der Waals surface area contributed by atoms with Crippen LogP contribution in [0.5, 0.6) is 0 Å². The van der Waals surface area contributed by atoms with Gasteiger partial charge in [-0.05, 0) is 30.0 Å². The minimum absolute atomic E-state index is 0.217. The Morgan fingerprint density at radius 1 is 1.69 bits per heavy atom. The molecule has 0 saturated heterocycles. The Hall–Kier alpha value is -0.590. The molecule has 0 fully saturated rings. The third-order valence-electron chi connectivity index (χ3n) is 2.09. The molecule has 1 atom stereocenters. The van der Waals surface area contributed by atoms with Crippen LogP contribution in [0.4, 0.5) is 5.00 Å². The Morgan fingerprint density at radius 3 is 3.00 bits per heavy atom. The van der Waals surface area contributed by atoms with E-state index in [9.17, 15) is 10.1 Å². The average molecular weight is 260 g/mol. The van der Waals surface area contributed by atoms with E-state index in [1.807, 2.05) is 17.1 Å². The van der Waals surface area contributed by atoms with Gasteiger partial charge in [0.2, 0.25) is 0 Å². The Labute approximate surface area is 104 Å². The summed E-state index contributed by atoms with van der Waals surface area (Å²) in [6.45, 7) is 3.85. The van der Waals surface area contributed by atoms with Crippen molar-refractivity contribution in [2.24, 2.45) is 5.92 Å². The van der Waals surface area contributed by atoms with Crippen molar-refractivity contribution in [2.75, 3.05) is 18.6 Å². The number of rotatable bonds is 7. The quantitative estimate of drug-likeness (QED) is 0.605. The topological polar surface area (TPSA) is 55.2 Å². The molecule has 6 heteroatoms. The van der Waals surface area contributed by atoms with Crippen LogP contribution in [0, 0.1) is 16.0 Å². The minimum atomic E-state index is -0.343. The maximum Gasteiger partial charge on any atom is 0.324 e. The molecule has 0 spiro atoms. The zero-order valence-electron chi connectivity index (χ0n) is 9.43. The molecule has 1 heterocycles. The number of nitrogens with one attached hydrogen (secondary N) is 1. The molecule has 0 aromatic carbocycles. The molecule has 16 heavy (non-hydrogen) atoms. The molecule has 0 radical (unpaired) electrons. The van der Waals surface area contributed by atoms with E-state index in [1.165, 1.54) is 11.3 Å². The van der Waals surface area contributed by atoms with Gasteiger partial charge in [0.25, 0.3) is 0 Å². The summed E-state index contributed by atoms with van der Waals surface area (Å²) in [5.74, 6) is 1.76. The maximum absolute atomic E-state index is 10.5. The molecule has 0 aliphatic carbocycles. The first-order valence-electron chi connectivity index (χ1n) is 5.05. The number of thiophene rings is 1. The molecule has 1 rings (SSSR count). The Kier molecular flexibility index (Phi) is 5.79. The predicted molar refractivity (Wildman–Crippen MR) is 70.2 cm³/mol. The summed E-state index contributed by atoms with van der Waals surface area (Å²) in [6, 6.07) is 1.64. The van der Waals surface area contributed by atoms with Gasteiger partial charge in [0.05, 0.1) is 4.92 Å². The van der Waals surface area contributed by atoms with Crippen LogP contribution in [0.25, 0.3) is 0 Å². The van der Waals surface area contributed by atoms with Gasteiger partial charge in [-0.15, -0.1) is 0 Å². The molecule has 0 bridgehead atoms. The van der Waals surface area contributed by atoms with E-state index in [2.05, 4.69) is 18.5 Å². The highest BCUT2D eigenvalue weighted by Gasteiger charge is 2.09. The fraction of sp³-hybridized carbons (Fsp3) is 0.600. The summed E-state index contributed by atoms with van der Waals surface area (Å²) >= 11 is 3.02. The van der Waals surface area contributed by atoms with Crippen LogP contribution in [0.3, 0.4) is 0 Å². The second-order valence-electron chi connectivity index (χ2n) is 3.74. The van der Waals surface area contributed by atoms with Crippen molar-refractivity contribution in [1.29, 1.82) is 0 Å². The lowest BCUT2D eigenvalue weighted by Gasteiger charge is -2.09. The van der Waals surface area contributed by atoms with Crippen molar-refractivity contribution in [2.45, 2.75) is 13.5 Å².